The molecule has 0 aliphatic carbocycles. The van der Waals surface area contributed by atoms with Crippen LogP contribution in [0.5, 0.6) is 0 Å². The van der Waals surface area contributed by atoms with Crippen LogP contribution in [-0.2, 0) is 5.41 Å². The van der Waals surface area contributed by atoms with Gasteiger partial charge in [-0.15, -0.1) is 0 Å². The lowest BCUT2D eigenvalue weighted by Gasteiger charge is -2.22. The van der Waals surface area contributed by atoms with Gasteiger partial charge in [0.15, 0.2) is 0 Å². The molecule has 0 unspecified atom stereocenters. The molecule has 0 aliphatic heterocycles. The molecule has 0 radical (unpaired) electrons. The maximum atomic E-state index is 12.6. The van der Waals surface area contributed by atoms with Crippen molar-refractivity contribution >= 4 is 12.1 Å². The fourth-order valence-corrected chi connectivity index (χ4v) is 2.66. The number of pyridine rings is 1. The van der Waals surface area contributed by atoms with Gasteiger partial charge in [0, 0.05) is 35.1 Å². The third-order valence-electron chi connectivity index (χ3n) is 3.65. The lowest BCUT2D eigenvalue weighted by atomic mass is 9.86. The summed E-state index contributed by atoms with van der Waals surface area (Å²) in [5, 5.41) is 3.96. The topological polar surface area (TPSA) is 51.8 Å². The second-order valence-corrected chi connectivity index (χ2v) is 6.36. The first kappa shape index (κ1) is 15.7. The Labute approximate surface area is 138 Å². The standard InChI is InChI=1S/C17H16FN3OS/c1-17(2,11-23-18)13-8-6-12(7-9-13)16-20-15(21-22-16)14-5-3-4-10-19-14/h3-10H,11H2,1-2H3. The predicted octanol–water partition coefficient (Wildman–Crippen LogP) is 4.69. The first-order chi connectivity index (χ1) is 11.1. The van der Waals surface area contributed by atoms with Crippen LogP contribution < -0.4 is 0 Å². The van der Waals surface area contributed by atoms with Gasteiger partial charge in [-0.2, -0.15) is 8.87 Å². The van der Waals surface area contributed by atoms with Crippen LogP contribution in [0.1, 0.15) is 19.4 Å². The molecule has 2 aromatic heterocycles. The molecule has 6 heteroatoms. The fraction of sp³-hybridized carbons (Fsp3) is 0.235. The summed E-state index contributed by atoms with van der Waals surface area (Å²) in [6.45, 7) is 4.03. The third-order valence-corrected chi connectivity index (χ3v) is 4.48. The smallest absolute Gasteiger partial charge is 0.258 e. The quantitative estimate of drug-likeness (QED) is 0.679. The molecular formula is C17H16FN3OS. The van der Waals surface area contributed by atoms with Crippen molar-refractivity contribution in [1.82, 2.24) is 15.1 Å². The lowest BCUT2D eigenvalue weighted by molar-refractivity contribution is 0.432. The van der Waals surface area contributed by atoms with Gasteiger partial charge in [-0.3, -0.25) is 4.98 Å². The van der Waals surface area contributed by atoms with Crippen LogP contribution in [0.25, 0.3) is 23.0 Å². The first-order valence-electron chi connectivity index (χ1n) is 7.20. The van der Waals surface area contributed by atoms with Gasteiger partial charge in [-0.25, -0.2) is 0 Å². The largest absolute Gasteiger partial charge is 0.334 e. The Morgan fingerprint density at radius 1 is 1.13 bits per heavy atom. The minimum atomic E-state index is -0.230. The summed E-state index contributed by atoms with van der Waals surface area (Å²) in [5.41, 5.74) is 2.33. The van der Waals surface area contributed by atoms with Crippen LogP contribution in [0, 0.1) is 0 Å². The van der Waals surface area contributed by atoms with E-state index in [4.69, 9.17) is 4.52 Å². The Kier molecular flexibility index (Phi) is 4.43. The molecule has 23 heavy (non-hydrogen) atoms. The molecule has 0 fully saturated rings. The molecule has 2 heterocycles. The molecule has 0 bridgehead atoms. The number of hydrogen-bond acceptors (Lipinski definition) is 5. The van der Waals surface area contributed by atoms with E-state index in [0.717, 1.165) is 11.1 Å². The molecule has 0 spiro atoms. The fourth-order valence-electron chi connectivity index (χ4n) is 2.22. The van der Waals surface area contributed by atoms with E-state index in [1.165, 1.54) is 0 Å². The molecule has 4 nitrogen and oxygen atoms in total. The molecule has 0 amide bonds. The third kappa shape index (κ3) is 3.42. The molecule has 0 saturated heterocycles. The zero-order valence-corrected chi connectivity index (χ0v) is 13.7. The highest BCUT2D eigenvalue weighted by atomic mass is 32.2. The molecule has 3 rings (SSSR count). The number of aromatic nitrogens is 3. The second kappa shape index (κ2) is 6.50. The summed E-state index contributed by atoms with van der Waals surface area (Å²) in [5.74, 6) is 1.31. The summed E-state index contributed by atoms with van der Waals surface area (Å²) < 4.78 is 17.9. The summed E-state index contributed by atoms with van der Waals surface area (Å²) in [6.07, 6.45) is 1.69. The SMILES string of the molecule is CC(C)(CSF)c1ccc(-c2nc(-c3ccccn3)no2)cc1. The molecule has 3 aromatic rings. The highest BCUT2D eigenvalue weighted by Gasteiger charge is 2.21. The van der Waals surface area contributed by atoms with Gasteiger partial charge in [0.2, 0.25) is 5.82 Å². The van der Waals surface area contributed by atoms with Crippen molar-refractivity contribution in [1.29, 1.82) is 0 Å². The molecular weight excluding hydrogens is 313 g/mol. The Hall–Kier alpha value is -2.21. The molecule has 0 N–H and O–H groups in total. The van der Waals surface area contributed by atoms with Crippen LogP contribution in [0.2, 0.25) is 0 Å². The number of nitrogens with zero attached hydrogens (tertiary/aromatic N) is 3. The zero-order valence-electron chi connectivity index (χ0n) is 12.9. The van der Waals surface area contributed by atoms with E-state index < -0.39 is 0 Å². The Bertz CT molecular complexity index is 772. The van der Waals surface area contributed by atoms with Crippen molar-refractivity contribution in [2.75, 3.05) is 5.75 Å². The second-order valence-electron chi connectivity index (χ2n) is 5.85. The van der Waals surface area contributed by atoms with E-state index in [0.29, 0.717) is 35.3 Å². The minimum Gasteiger partial charge on any atom is -0.334 e. The molecule has 118 valence electrons. The normalized spacial score (nSPS) is 11.6. The summed E-state index contributed by atoms with van der Waals surface area (Å²) >= 11 is 0.357. The average Bonchev–Trinajstić information content (AvgIpc) is 3.06. The summed E-state index contributed by atoms with van der Waals surface area (Å²) in [7, 11) is 0. The monoisotopic (exact) mass is 329 g/mol. The van der Waals surface area contributed by atoms with Gasteiger partial charge in [-0.1, -0.05) is 37.2 Å². The maximum Gasteiger partial charge on any atom is 0.258 e. The van der Waals surface area contributed by atoms with Gasteiger partial charge in [0.05, 0.1) is 0 Å². The predicted molar refractivity (Wildman–Crippen MR) is 89.6 cm³/mol. The highest BCUT2D eigenvalue weighted by Crippen LogP contribution is 2.30. The number of hydrogen-bond donors (Lipinski definition) is 0. The number of benzene rings is 1. The van der Waals surface area contributed by atoms with Crippen molar-refractivity contribution in [2.45, 2.75) is 19.3 Å². The van der Waals surface area contributed by atoms with Crippen LogP contribution in [0.3, 0.4) is 0 Å². The van der Waals surface area contributed by atoms with Gasteiger partial charge in [0.25, 0.3) is 5.89 Å². The van der Waals surface area contributed by atoms with E-state index in [2.05, 4.69) is 15.1 Å². The van der Waals surface area contributed by atoms with E-state index in [1.54, 1.807) is 6.20 Å². The van der Waals surface area contributed by atoms with E-state index in [-0.39, 0.29) is 5.41 Å². The van der Waals surface area contributed by atoms with Crippen LogP contribution in [0.15, 0.2) is 53.2 Å². The van der Waals surface area contributed by atoms with Crippen LogP contribution in [-0.4, -0.2) is 20.9 Å². The Morgan fingerprint density at radius 2 is 1.91 bits per heavy atom. The average molecular weight is 329 g/mol. The molecule has 0 atom stereocenters. The van der Waals surface area contributed by atoms with E-state index in [1.807, 2.05) is 56.3 Å². The summed E-state index contributed by atoms with van der Waals surface area (Å²) in [4.78, 5) is 8.57. The van der Waals surface area contributed by atoms with Gasteiger partial charge >= 0.3 is 0 Å². The molecule has 1 aromatic carbocycles. The van der Waals surface area contributed by atoms with E-state index >= 15 is 0 Å². The van der Waals surface area contributed by atoms with Gasteiger partial charge in [-0.05, 0) is 29.8 Å². The summed E-state index contributed by atoms with van der Waals surface area (Å²) in [6, 6.07) is 13.3. The Balaban J connectivity index is 1.85. The zero-order chi connectivity index (χ0) is 16.3. The molecule has 0 saturated carbocycles. The highest BCUT2D eigenvalue weighted by molar-refractivity contribution is 7.94. The number of rotatable bonds is 5. The molecule has 0 aliphatic rings. The maximum absolute atomic E-state index is 12.6. The van der Waals surface area contributed by atoms with Crippen LogP contribution >= 0.6 is 12.1 Å². The Morgan fingerprint density at radius 3 is 2.57 bits per heavy atom. The van der Waals surface area contributed by atoms with Crippen molar-refractivity contribution in [2.24, 2.45) is 0 Å². The first-order valence-corrected chi connectivity index (χ1v) is 8.08. The van der Waals surface area contributed by atoms with Gasteiger partial charge in [0.1, 0.15) is 5.69 Å². The van der Waals surface area contributed by atoms with Crippen molar-refractivity contribution < 1.29 is 8.41 Å². The van der Waals surface area contributed by atoms with Crippen molar-refractivity contribution in [3.05, 3.63) is 54.2 Å². The van der Waals surface area contributed by atoms with E-state index in [9.17, 15) is 3.89 Å². The van der Waals surface area contributed by atoms with Crippen LogP contribution in [0.4, 0.5) is 3.89 Å². The van der Waals surface area contributed by atoms with Gasteiger partial charge < -0.3 is 4.52 Å². The number of halogens is 1. The minimum absolute atomic E-state index is 0.230. The van der Waals surface area contributed by atoms with Crippen molar-refractivity contribution in [3.63, 3.8) is 0 Å². The lowest BCUT2D eigenvalue weighted by Crippen LogP contribution is -2.19. The van der Waals surface area contributed by atoms with Crippen molar-refractivity contribution in [3.8, 4) is 23.0 Å².